The molecule has 3 N–H and O–H groups in total. The molecule has 0 fully saturated rings. The van der Waals surface area contributed by atoms with Gasteiger partial charge in [-0.15, -0.1) is 0 Å². The summed E-state index contributed by atoms with van der Waals surface area (Å²) >= 11 is 0. The average molecular weight is 223 g/mol. The van der Waals surface area contributed by atoms with E-state index in [0.29, 0.717) is 17.7 Å². The van der Waals surface area contributed by atoms with E-state index in [1.165, 1.54) is 0 Å². The minimum absolute atomic E-state index is 0.00625. The standard InChI is InChI=1S/C10H13N3O3/c1-3-4-6-5(2)12-9(10(15)16)13-7(6)8(11)14/h3-4H2,1-2H3,(H2,11,14)(H,15,16). The van der Waals surface area contributed by atoms with Gasteiger partial charge in [-0.3, -0.25) is 4.79 Å². The number of primary amides is 1. The number of carbonyl (C=O) groups is 2. The largest absolute Gasteiger partial charge is 0.475 e. The molecule has 6 nitrogen and oxygen atoms in total. The van der Waals surface area contributed by atoms with Crippen LogP contribution in [-0.2, 0) is 6.42 Å². The van der Waals surface area contributed by atoms with Crippen LogP contribution in [0.4, 0.5) is 0 Å². The molecule has 0 saturated heterocycles. The number of hydrogen-bond acceptors (Lipinski definition) is 4. The Morgan fingerprint density at radius 3 is 2.44 bits per heavy atom. The molecule has 0 radical (unpaired) electrons. The van der Waals surface area contributed by atoms with Crippen LogP contribution in [0.15, 0.2) is 0 Å². The zero-order valence-electron chi connectivity index (χ0n) is 9.15. The SMILES string of the molecule is CCCc1c(C)nc(C(=O)O)nc1C(N)=O. The smallest absolute Gasteiger partial charge is 0.373 e. The highest BCUT2D eigenvalue weighted by molar-refractivity contribution is 5.94. The van der Waals surface area contributed by atoms with Gasteiger partial charge in [0, 0.05) is 11.3 Å². The molecule has 0 unspecified atom stereocenters. The first kappa shape index (κ1) is 12.1. The van der Waals surface area contributed by atoms with Crippen LogP contribution in [0.5, 0.6) is 0 Å². The average Bonchev–Trinajstić information content (AvgIpc) is 2.20. The molecule has 0 aromatic carbocycles. The summed E-state index contributed by atoms with van der Waals surface area (Å²) in [7, 11) is 0. The molecular formula is C10H13N3O3. The molecule has 1 aromatic rings. The van der Waals surface area contributed by atoms with Gasteiger partial charge in [0.05, 0.1) is 0 Å². The van der Waals surface area contributed by atoms with Gasteiger partial charge in [0.25, 0.3) is 5.91 Å². The highest BCUT2D eigenvalue weighted by atomic mass is 16.4. The number of nitrogens with zero attached hydrogens (tertiary/aromatic N) is 2. The number of carbonyl (C=O) groups excluding carboxylic acids is 1. The Kier molecular flexibility index (Phi) is 3.55. The van der Waals surface area contributed by atoms with E-state index in [1.807, 2.05) is 6.92 Å². The van der Waals surface area contributed by atoms with Gasteiger partial charge in [-0.1, -0.05) is 13.3 Å². The summed E-state index contributed by atoms with van der Waals surface area (Å²) in [5.41, 5.74) is 6.28. The molecule has 1 aromatic heterocycles. The maximum absolute atomic E-state index is 11.2. The number of aromatic nitrogens is 2. The van der Waals surface area contributed by atoms with E-state index in [2.05, 4.69) is 9.97 Å². The lowest BCUT2D eigenvalue weighted by atomic mass is 10.1. The van der Waals surface area contributed by atoms with Gasteiger partial charge in [-0.2, -0.15) is 0 Å². The third-order valence-corrected chi connectivity index (χ3v) is 2.14. The Morgan fingerprint density at radius 1 is 1.38 bits per heavy atom. The van der Waals surface area contributed by atoms with Gasteiger partial charge < -0.3 is 10.8 Å². The zero-order valence-corrected chi connectivity index (χ0v) is 9.15. The predicted octanol–water partition coefficient (Wildman–Crippen LogP) is 0.535. The first-order valence-corrected chi connectivity index (χ1v) is 4.88. The van der Waals surface area contributed by atoms with Crippen molar-refractivity contribution >= 4 is 11.9 Å². The lowest BCUT2D eigenvalue weighted by Gasteiger charge is -2.08. The molecule has 0 saturated carbocycles. The molecule has 0 atom stereocenters. The normalized spacial score (nSPS) is 10.1. The number of amides is 1. The van der Waals surface area contributed by atoms with E-state index in [9.17, 15) is 9.59 Å². The summed E-state index contributed by atoms with van der Waals surface area (Å²) in [5, 5.41) is 8.76. The quantitative estimate of drug-likeness (QED) is 0.774. The van der Waals surface area contributed by atoms with Crippen molar-refractivity contribution in [3.8, 4) is 0 Å². The van der Waals surface area contributed by atoms with Crippen molar-refractivity contribution in [2.24, 2.45) is 5.73 Å². The lowest BCUT2D eigenvalue weighted by Crippen LogP contribution is -2.20. The second-order valence-electron chi connectivity index (χ2n) is 3.38. The third-order valence-electron chi connectivity index (χ3n) is 2.14. The van der Waals surface area contributed by atoms with Gasteiger partial charge in [-0.25, -0.2) is 14.8 Å². The summed E-state index contributed by atoms with van der Waals surface area (Å²) in [5.74, 6) is -2.39. The summed E-state index contributed by atoms with van der Waals surface area (Å²) in [6.07, 6.45) is 1.40. The van der Waals surface area contributed by atoms with Crippen LogP contribution < -0.4 is 5.73 Å². The highest BCUT2D eigenvalue weighted by Crippen LogP contribution is 2.13. The highest BCUT2D eigenvalue weighted by Gasteiger charge is 2.18. The second-order valence-corrected chi connectivity index (χ2v) is 3.38. The zero-order chi connectivity index (χ0) is 12.3. The topological polar surface area (TPSA) is 106 Å². The lowest BCUT2D eigenvalue weighted by molar-refractivity contribution is 0.0683. The number of aryl methyl sites for hydroxylation is 1. The summed E-state index contributed by atoms with van der Waals surface area (Å²) < 4.78 is 0. The molecule has 16 heavy (non-hydrogen) atoms. The van der Waals surface area contributed by atoms with E-state index >= 15 is 0 Å². The van der Waals surface area contributed by atoms with E-state index in [1.54, 1.807) is 6.92 Å². The third kappa shape index (κ3) is 2.33. The fourth-order valence-corrected chi connectivity index (χ4v) is 1.44. The van der Waals surface area contributed by atoms with Crippen LogP contribution in [0.2, 0.25) is 0 Å². The van der Waals surface area contributed by atoms with Gasteiger partial charge in [-0.05, 0) is 13.3 Å². The van der Waals surface area contributed by atoms with E-state index in [4.69, 9.17) is 10.8 Å². The maximum atomic E-state index is 11.2. The molecule has 1 amide bonds. The van der Waals surface area contributed by atoms with Crippen molar-refractivity contribution in [3.63, 3.8) is 0 Å². The monoisotopic (exact) mass is 223 g/mol. The molecular weight excluding hydrogens is 210 g/mol. The molecule has 86 valence electrons. The number of carboxylic acids is 1. The van der Waals surface area contributed by atoms with Crippen LogP contribution >= 0.6 is 0 Å². The van der Waals surface area contributed by atoms with Crippen LogP contribution in [0.3, 0.4) is 0 Å². The van der Waals surface area contributed by atoms with Crippen LogP contribution in [0.1, 0.15) is 45.7 Å². The summed E-state index contributed by atoms with van der Waals surface area (Å²) in [6, 6.07) is 0. The fraction of sp³-hybridized carbons (Fsp3) is 0.400. The van der Waals surface area contributed by atoms with Crippen molar-refractivity contribution in [2.75, 3.05) is 0 Å². The van der Waals surface area contributed by atoms with Gasteiger partial charge in [0.2, 0.25) is 5.82 Å². The van der Waals surface area contributed by atoms with Crippen molar-refractivity contribution in [1.29, 1.82) is 0 Å². The molecule has 0 bridgehead atoms. The Labute approximate surface area is 92.5 Å². The number of aromatic carboxylic acids is 1. The molecule has 6 heteroatoms. The number of carboxylic acid groups (broad SMARTS) is 1. The van der Waals surface area contributed by atoms with Crippen LogP contribution in [-0.4, -0.2) is 27.0 Å². The minimum Gasteiger partial charge on any atom is -0.475 e. The van der Waals surface area contributed by atoms with Crippen molar-refractivity contribution in [1.82, 2.24) is 9.97 Å². The van der Waals surface area contributed by atoms with E-state index in [-0.39, 0.29) is 5.69 Å². The fourth-order valence-electron chi connectivity index (χ4n) is 1.44. The second kappa shape index (κ2) is 4.69. The first-order chi connectivity index (χ1) is 7.47. The van der Waals surface area contributed by atoms with Gasteiger partial charge >= 0.3 is 5.97 Å². The summed E-state index contributed by atoms with van der Waals surface area (Å²) in [4.78, 5) is 29.4. The molecule has 0 aliphatic rings. The number of nitrogens with two attached hydrogens (primary N) is 1. The first-order valence-electron chi connectivity index (χ1n) is 4.88. The Hall–Kier alpha value is -1.98. The molecule has 1 heterocycles. The predicted molar refractivity (Wildman–Crippen MR) is 56.2 cm³/mol. The van der Waals surface area contributed by atoms with Gasteiger partial charge in [0.1, 0.15) is 5.69 Å². The van der Waals surface area contributed by atoms with Crippen LogP contribution in [0, 0.1) is 6.92 Å². The molecule has 0 aliphatic heterocycles. The van der Waals surface area contributed by atoms with Crippen molar-refractivity contribution in [3.05, 3.63) is 22.8 Å². The Balaban J connectivity index is 3.39. The van der Waals surface area contributed by atoms with Crippen molar-refractivity contribution < 1.29 is 14.7 Å². The van der Waals surface area contributed by atoms with Gasteiger partial charge in [0.15, 0.2) is 0 Å². The number of rotatable bonds is 4. The Bertz CT molecular complexity index is 443. The molecule has 1 rings (SSSR count). The van der Waals surface area contributed by atoms with E-state index in [0.717, 1.165) is 6.42 Å². The number of hydrogen-bond donors (Lipinski definition) is 2. The summed E-state index contributed by atoms with van der Waals surface area (Å²) in [6.45, 7) is 3.58. The maximum Gasteiger partial charge on any atom is 0.373 e. The Morgan fingerprint density at radius 2 is 2.00 bits per heavy atom. The minimum atomic E-state index is -1.27. The van der Waals surface area contributed by atoms with Crippen LogP contribution in [0.25, 0.3) is 0 Å². The molecule has 0 spiro atoms. The van der Waals surface area contributed by atoms with Crippen molar-refractivity contribution in [2.45, 2.75) is 26.7 Å². The molecule has 0 aliphatic carbocycles. The van der Waals surface area contributed by atoms with E-state index < -0.39 is 17.7 Å².